The van der Waals surface area contributed by atoms with Crippen molar-refractivity contribution < 1.29 is 9.90 Å². The Labute approximate surface area is 132 Å². The van der Waals surface area contributed by atoms with Gasteiger partial charge in [0.1, 0.15) is 5.75 Å². The molecule has 4 heteroatoms. The van der Waals surface area contributed by atoms with Crippen LogP contribution in [0.25, 0.3) is 0 Å². The zero-order valence-corrected chi connectivity index (χ0v) is 13.6. The molecule has 0 bridgehead atoms. The van der Waals surface area contributed by atoms with Gasteiger partial charge in [0.05, 0.1) is 5.69 Å². The first-order valence-corrected chi connectivity index (χ1v) is 7.48. The maximum absolute atomic E-state index is 12.6. The second kappa shape index (κ2) is 6.26. The monoisotopic (exact) mass is 381 g/mol. The van der Waals surface area contributed by atoms with E-state index in [9.17, 15) is 9.90 Å². The number of carbonyl (C=O) groups is 1. The Balaban J connectivity index is 2.39. The number of nitrogens with zero attached hydrogens (tertiary/aromatic N) is 1. The molecule has 0 radical (unpaired) electrons. The van der Waals surface area contributed by atoms with Crippen molar-refractivity contribution in [3.8, 4) is 5.75 Å². The van der Waals surface area contributed by atoms with Crippen molar-refractivity contribution in [1.82, 2.24) is 0 Å². The third kappa shape index (κ3) is 3.12. The fourth-order valence-corrected chi connectivity index (χ4v) is 2.42. The molecule has 1 amide bonds. The number of hydrogen-bond donors (Lipinski definition) is 1. The first-order chi connectivity index (χ1) is 9.52. The summed E-state index contributed by atoms with van der Waals surface area (Å²) in [6.45, 7) is 4.40. The molecule has 0 spiro atoms. The molecule has 3 nitrogen and oxygen atoms in total. The van der Waals surface area contributed by atoms with Crippen LogP contribution in [-0.2, 0) is 0 Å². The molecule has 2 aromatic carbocycles. The molecule has 0 atom stereocenters. The Bertz CT molecular complexity index is 623. The lowest BCUT2D eigenvalue weighted by Gasteiger charge is -2.23. The van der Waals surface area contributed by atoms with Crippen LogP contribution in [0, 0.1) is 10.5 Å². The maximum atomic E-state index is 12.6. The Morgan fingerprint density at radius 1 is 1.20 bits per heavy atom. The van der Waals surface area contributed by atoms with Gasteiger partial charge in [0, 0.05) is 21.7 Å². The van der Waals surface area contributed by atoms with Crippen molar-refractivity contribution in [2.45, 2.75) is 13.8 Å². The number of rotatable bonds is 3. The van der Waals surface area contributed by atoms with Crippen molar-refractivity contribution >= 4 is 34.2 Å². The highest BCUT2D eigenvalue weighted by Gasteiger charge is 2.18. The van der Waals surface area contributed by atoms with Gasteiger partial charge in [-0.25, -0.2) is 0 Å². The molecule has 0 aliphatic rings. The quantitative estimate of drug-likeness (QED) is 0.818. The van der Waals surface area contributed by atoms with Crippen molar-refractivity contribution in [1.29, 1.82) is 0 Å². The summed E-state index contributed by atoms with van der Waals surface area (Å²) in [6, 6.07) is 12.5. The van der Waals surface area contributed by atoms with E-state index in [0.29, 0.717) is 12.1 Å². The molecule has 2 aromatic rings. The minimum Gasteiger partial charge on any atom is -0.508 e. The molecule has 20 heavy (non-hydrogen) atoms. The number of phenols is 1. The second-order valence-corrected chi connectivity index (χ2v) is 5.77. The molecule has 0 heterocycles. The van der Waals surface area contributed by atoms with E-state index in [1.165, 1.54) is 0 Å². The highest BCUT2D eigenvalue weighted by molar-refractivity contribution is 14.1. The molecule has 104 valence electrons. The van der Waals surface area contributed by atoms with Crippen LogP contribution in [-0.4, -0.2) is 17.6 Å². The van der Waals surface area contributed by atoms with E-state index in [4.69, 9.17) is 0 Å². The predicted octanol–water partition coefficient (Wildman–Crippen LogP) is 3.97. The Morgan fingerprint density at radius 3 is 2.45 bits per heavy atom. The number of halogens is 1. The van der Waals surface area contributed by atoms with Crippen molar-refractivity contribution in [3.05, 3.63) is 57.2 Å². The van der Waals surface area contributed by atoms with E-state index < -0.39 is 0 Å². The predicted molar refractivity (Wildman–Crippen MR) is 89.4 cm³/mol. The topological polar surface area (TPSA) is 40.5 Å². The van der Waals surface area contributed by atoms with Gasteiger partial charge in [0.25, 0.3) is 5.91 Å². The molecule has 0 aliphatic heterocycles. The van der Waals surface area contributed by atoms with Crippen LogP contribution in [0.15, 0.2) is 42.5 Å². The summed E-state index contributed by atoms with van der Waals surface area (Å²) in [6.07, 6.45) is 0. The van der Waals surface area contributed by atoms with Gasteiger partial charge in [-0.05, 0) is 72.3 Å². The Hall–Kier alpha value is -1.56. The van der Waals surface area contributed by atoms with Crippen LogP contribution >= 0.6 is 22.6 Å². The maximum Gasteiger partial charge on any atom is 0.258 e. The van der Waals surface area contributed by atoms with E-state index in [0.717, 1.165) is 14.8 Å². The van der Waals surface area contributed by atoms with E-state index in [2.05, 4.69) is 22.6 Å². The van der Waals surface area contributed by atoms with Gasteiger partial charge in [-0.3, -0.25) is 4.79 Å². The largest absolute Gasteiger partial charge is 0.508 e. The van der Waals surface area contributed by atoms with E-state index in [-0.39, 0.29) is 11.7 Å². The van der Waals surface area contributed by atoms with Gasteiger partial charge in [-0.1, -0.05) is 6.07 Å². The summed E-state index contributed by atoms with van der Waals surface area (Å²) in [7, 11) is 0. The number of anilines is 1. The van der Waals surface area contributed by atoms with Crippen LogP contribution < -0.4 is 4.90 Å². The third-order valence-electron chi connectivity index (χ3n) is 3.14. The molecule has 1 N–H and O–H groups in total. The number of aryl methyl sites for hydroxylation is 1. The summed E-state index contributed by atoms with van der Waals surface area (Å²) in [5, 5.41) is 9.63. The summed E-state index contributed by atoms with van der Waals surface area (Å²) < 4.78 is 1.09. The van der Waals surface area contributed by atoms with Gasteiger partial charge in [0.2, 0.25) is 0 Å². The summed E-state index contributed by atoms with van der Waals surface area (Å²) in [5.41, 5.74) is 2.36. The number of benzene rings is 2. The lowest BCUT2D eigenvalue weighted by Crippen LogP contribution is -2.31. The normalized spacial score (nSPS) is 10.3. The second-order valence-electron chi connectivity index (χ2n) is 4.53. The average molecular weight is 381 g/mol. The number of phenolic OH excluding ortho intramolecular Hbond substituents is 1. The molecule has 2 rings (SSSR count). The molecule has 0 aromatic heterocycles. The molecule has 0 fully saturated rings. The van der Waals surface area contributed by atoms with Gasteiger partial charge >= 0.3 is 0 Å². The molecule has 0 aliphatic carbocycles. The number of amides is 1. The van der Waals surface area contributed by atoms with Crippen LogP contribution in [0.4, 0.5) is 5.69 Å². The SMILES string of the molecule is CCN(C(=O)c1ccc(I)cc1)c1cc(O)ccc1C. The van der Waals surface area contributed by atoms with E-state index in [1.807, 2.05) is 44.2 Å². The van der Waals surface area contributed by atoms with E-state index in [1.54, 1.807) is 17.0 Å². The van der Waals surface area contributed by atoms with Crippen molar-refractivity contribution in [2.75, 3.05) is 11.4 Å². The molecular weight excluding hydrogens is 365 g/mol. The molecule has 0 saturated heterocycles. The zero-order valence-electron chi connectivity index (χ0n) is 11.4. The number of hydrogen-bond acceptors (Lipinski definition) is 2. The Kier molecular flexibility index (Phi) is 4.65. The standard InChI is InChI=1S/C16H16INO2/c1-3-18(15-10-14(19)9-4-11(15)2)16(20)12-5-7-13(17)8-6-12/h4-10,19H,3H2,1-2H3. The minimum absolute atomic E-state index is 0.0578. The molecular formula is C16H16INO2. The lowest BCUT2D eigenvalue weighted by molar-refractivity contribution is 0.0988. The molecule has 0 saturated carbocycles. The minimum atomic E-state index is -0.0578. The van der Waals surface area contributed by atoms with Gasteiger partial charge in [0.15, 0.2) is 0 Å². The van der Waals surface area contributed by atoms with Gasteiger partial charge in [-0.15, -0.1) is 0 Å². The van der Waals surface area contributed by atoms with Crippen molar-refractivity contribution in [3.63, 3.8) is 0 Å². The first-order valence-electron chi connectivity index (χ1n) is 6.40. The van der Waals surface area contributed by atoms with Crippen LogP contribution in [0.5, 0.6) is 5.75 Å². The highest BCUT2D eigenvalue weighted by Crippen LogP contribution is 2.26. The van der Waals surface area contributed by atoms with Crippen LogP contribution in [0.1, 0.15) is 22.8 Å². The fraction of sp³-hybridized carbons (Fsp3) is 0.188. The highest BCUT2D eigenvalue weighted by atomic mass is 127. The third-order valence-corrected chi connectivity index (χ3v) is 3.86. The van der Waals surface area contributed by atoms with Crippen molar-refractivity contribution in [2.24, 2.45) is 0 Å². The summed E-state index contributed by atoms with van der Waals surface area (Å²) in [4.78, 5) is 14.3. The fourth-order valence-electron chi connectivity index (χ4n) is 2.06. The molecule has 0 unspecified atom stereocenters. The Morgan fingerprint density at radius 2 is 1.85 bits per heavy atom. The van der Waals surface area contributed by atoms with E-state index >= 15 is 0 Å². The van der Waals surface area contributed by atoms with Crippen LogP contribution in [0.2, 0.25) is 0 Å². The van der Waals surface area contributed by atoms with Gasteiger partial charge < -0.3 is 10.0 Å². The smallest absolute Gasteiger partial charge is 0.258 e. The van der Waals surface area contributed by atoms with Gasteiger partial charge in [-0.2, -0.15) is 0 Å². The average Bonchev–Trinajstić information content (AvgIpc) is 2.44. The number of carbonyl (C=O) groups excluding carboxylic acids is 1. The summed E-state index contributed by atoms with van der Waals surface area (Å²) >= 11 is 2.21. The first kappa shape index (κ1) is 14.8. The zero-order chi connectivity index (χ0) is 14.7. The summed E-state index contributed by atoms with van der Waals surface area (Å²) in [5.74, 6) is 0.108. The number of aromatic hydroxyl groups is 1. The van der Waals surface area contributed by atoms with Crippen LogP contribution in [0.3, 0.4) is 0 Å². The lowest BCUT2D eigenvalue weighted by atomic mass is 10.1.